The van der Waals surface area contributed by atoms with Crippen molar-refractivity contribution >= 4 is 38.6 Å². The lowest BCUT2D eigenvalue weighted by Gasteiger charge is -2.15. The van der Waals surface area contributed by atoms with E-state index >= 15 is 0 Å². The minimum absolute atomic E-state index is 0.605. The maximum atomic E-state index is 5.66. The zero-order chi connectivity index (χ0) is 11.1. The summed E-state index contributed by atoms with van der Waals surface area (Å²) in [5.74, 6) is 1.65. The summed E-state index contributed by atoms with van der Waals surface area (Å²) in [6.45, 7) is 3.21. The second kappa shape index (κ2) is 4.01. The van der Waals surface area contributed by atoms with Gasteiger partial charge in [-0.2, -0.15) is 0 Å². The molecule has 84 valence electrons. The maximum Gasteiger partial charge on any atom is 0.187 e. The van der Waals surface area contributed by atoms with Crippen LogP contribution in [0.25, 0.3) is 9.88 Å². The highest BCUT2D eigenvalue weighted by atomic mass is 79.9. The van der Waals surface area contributed by atoms with Crippen molar-refractivity contribution in [1.82, 2.24) is 4.98 Å². The molecule has 0 saturated carbocycles. The lowest BCUT2D eigenvalue weighted by Crippen LogP contribution is -2.14. The number of rotatable bonds is 1. The van der Waals surface area contributed by atoms with Crippen LogP contribution in [0.1, 0.15) is 5.69 Å². The van der Waals surface area contributed by atoms with Gasteiger partial charge in [0, 0.05) is 11.1 Å². The molecule has 0 aromatic carbocycles. The van der Waals surface area contributed by atoms with Gasteiger partial charge in [-0.1, -0.05) is 0 Å². The first kappa shape index (κ1) is 10.6. The number of ether oxygens (including phenoxy) is 2. The molecular weight excluding hydrogens is 310 g/mol. The molecule has 0 bridgehead atoms. The van der Waals surface area contributed by atoms with Crippen LogP contribution >= 0.6 is 38.6 Å². The quantitative estimate of drug-likeness (QED) is 0.803. The second-order valence-corrected chi connectivity index (χ2v) is 6.55. The van der Waals surface area contributed by atoms with Gasteiger partial charge < -0.3 is 9.47 Å². The molecule has 0 radical (unpaired) electrons. The average Bonchev–Trinajstić information content (AvgIpc) is 2.84. The monoisotopic (exact) mass is 317 g/mol. The predicted octanol–water partition coefficient (Wildman–Crippen LogP) is 3.71. The van der Waals surface area contributed by atoms with E-state index in [1.54, 1.807) is 22.7 Å². The Morgan fingerprint density at radius 1 is 1.31 bits per heavy atom. The van der Waals surface area contributed by atoms with Crippen LogP contribution in [0.2, 0.25) is 0 Å². The molecule has 1 aliphatic rings. The van der Waals surface area contributed by atoms with Crippen LogP contribution < -0.4 is 9.47 Å². The first-order valence-corrected chi connectivity index (χ1v) is 7.25. The van der Waals surface area contributed by atoms with Crippen LogP contribution in [0.5, 0.6) is 11.5 Å². The number of aromatic nitrogens is 1. The first-order chi connectivity index (χ1) is 7.75. The minimum Gasteiger partial charge on any atom is -0.484 e. The molecule has 0 amide bonds. The van der Waals surface area contributed by atoms with E-state index < -0.39 is 0 Å². The van der Waals surface area contributed by atoms with E-state index in [9.17, 15) is 0 Å². The highest BCUT2D eigenvalue weighted by molar-refractivity contribution is 9.11. The molecule has 0 unspecified atom stereocenters. The van der Waals surface area contributed by atoms with E-state index in [2.05, 4.69) is 20.9 Å². The molecule has 2 aromatic heterocycles. The highest BCUT2D eigenvalue weighted by Crippen LogP contribution is 2.52. The molecule has 2 aromatic rings. The Labute approximate surface area is 109 Å². The normalized spacial score (nSPS) is 14.1. The number of hydrogen-bond acceptors (Lipinski definition) is 5. The van der Waals surface area contributed by atoms with Crippen LogP contribution in [0.4, 0.5) is 0 Å². The SMILES string of the molecule is Cc1csc(-c2sc(Br)c3c2OCCO3)n1. The molecular formula is C10H8BrNO2S2. The number of hydrogen-bond donors (Lipinski definition) is 0. The number of aryl methyl sites for hydroxylation is 1. The second-order valence-electron chi connectivity index (χ2n) is 3.35. The van der Waals surface area contributed by atoms with Crippen LogP contribution in [-0.4, -0.2) is 18.2 Å². The third-order valence-electron chi connectivity index (χ3n) is 2.17. The van der Waals surface area contributed by atoms with Gasteiger partial charge in [0.15, 0.2) is 11.5 Å². The van der Waals surface area contributed by atoms with Gasteiger partial charge >= 0.3 is 0 Å². The standard InChI is InChI=1S/C10H8BrNO2S2/c1-5-4-15-10(12-5)8-6-7(9(11)16-8)14-3-2-13-6/h4H,2-3H2,1H3. The summed E-state index contributed by atoms with van der Waals surface area (Å²) in [6, 6.07) is 0. The van der Waals surface area contributed by atoms with Gasteiger partial charge in [-0.15, -0.1) is 22.7 Å². The van der Waals surface area contributed by atoms with Crippen LogP contribution in [0, 0.1) is 6.92 Å². The van der Waals surface area contributed by atoms with E-state index in [1.807, 2.05) is 12.3 Å². The molecule has 6 heteroatoms. The van der Waals surface area contributed by atoms with Crippen molar-refractivity contribution < 1.29 is 9.47 Å². The number of fused-ring (bicyclic) bond motifs is 1. The Morgan fingerprint density at radius 2 is 2.06 bits per heavy atom. The lowest BCUT2D eigenvalue weighted by molar-refractivity contribution is 0.173. The fourth-order valence-corrected chi connectivity index (χ4v) is 4.10. The van der Waals surface area contributed by atoms with E-state index in [1.165, 1.54) is 0 Å². The van der Waals surface area contributed by atoms with Crippen molar-refractivity contribution in [3.05, 3.63) is 14.9 Å². The molecule has 1 aliphatic heterocycles. The Hall–Kier alpha value is -0.590. The maximum absolute atomic E-state index is 5.66. The smallest absolute Gasteiger partial charge is 0.187 e. The number of nitrogens with zero attached hydrogens (tertiary/aromatic N) is 1. The summed E-state index contributed by atoms with van der Waals surface area (Å²) in [7, 11) is 0. The molecule has 0 fully saturated rings. The van der Waals surface area contributed by atoms with Gasteiger partial charge in [0.2, 0.25) is 0 Å². The third-order valence-corrected chi connectivity index (χ3v) is 5.07. The van der Waals surface area contributed by atoms with Crippen molar-refractivity contribution in [3.8, 4) is 21.4 Å². The van der Waals surface area contributed by atoms with Crippen LogP contribution in [-0.2, 0) is 0 Å². The molecule has 3 rings (SSSR count). The molecule has 16 heavy (non-hydrogen) atoms. The molecule has 0 saturated heterocycles. The average molecular weight is 318 g/mol. The van der Waals surface area contributed by atoms with Gasteiger partial charge in [0.1, 0.15) is 26.9 Å². The topological polar surface area (TPSA) is 31.4 Å². The summed E-state index contributed by atoms with van der Waals surface area (Å²) in [4.78, 5) is 5.53. The minimum atomic E-state index is 0.605. The molecule has 0 aliphatic carbocycles. The Bertz CT molecular complexity index is 535. The number of thiophene rings is 1. The fraction of sp³-hybridized carbons (Fsp3) is 0.300. The summed E-state index contributed by atoms with van der Waals surface area (Å²) < 4.78 is 12.2. The van der Waals surface area contributed by atoms with Crippen LogP contribution in [0.15, 0.2) is 9.17 Å². The Balaban J connectivity index is 2.14. The van der Waals surface area contributed by atoms with Gasteiger partial charge in [-0.25, -0.2) is 4.98 Å². The van der Waals surface area contributed by atoms with Crippen molar-refractivity contribution in [2.24, 2.45) is 0 Å². The zero-order valence-corrected chi connectivity index (χ0v) is 11.7. The van der Waals surface area contributed by atoms with Crippen molar-refractivity contribution in [3.63, 3.8) is 0 Å². The lowest BCUT2D eigenvalue weighted by atomic mass is 10.4. The highest BCUT2D eigenvalue weighted by Gasteiger charge is 2.25. The number of halogens is 1. The summed E-state index contributed by atoms with van der Waals surface area (Å²) in [6.07, 6.45) is 0. The Morgan fingerprint density at radius 3 is 2.75 bits per heavy atom. The fourth-order valence-electron chi connectivity index (χ4n) is 1.51. The largest absolute Gasteiger partial charge is 0.484 e. The van der Waals surface area contributed by atoms with Crippen molar-refractivity contribution in [2.45, 2.75) is 6.92 Å². The molecule has 3 heterocycles. The third kappa shape index (κ3) is 1.65. The summed E-state index contributed by atoms with van der Waals surface area (Å²) >= 11 is 6.74. The van der Waals surface area contributed by atoms with Crippen molar-refractivity contribution in [1.29, 1.82) is 0 Å². The number of thiazole rings is 1. The van der Waals surface area contributed by atoms with E-state index in [4.69, 9.17) is 9.47 Å². The van der Waals surface area contributed by atoms with Gasteiger partial charge in [0.05, 0.1) is 0 Å². The van der Waals surface area contributed by atoms with E-state index in [-0.39, 0.29) is 0 Å². The predicted molar refractivity (Wildman–Crippen MR) is 68.9 cm³/mol. The molecule has 3 nitrogen and oxygen atoms in total. The van der Waals surface area contributed by atoms with Crippen molar-refractivity contribution in [2.75, 3.05) is 13.2 Å². The van der Waals surface area contributed by atoms with Crippen LogP contribution in [0.3, 0.4) is 0 Å². The summed E-state index contributed by atoms with van der Waals surface area (Å²) in [5.41, 5.74) is 1.04. The van der Waals surface area contributed by atoms with Gasteiger partial charge in [-0.3, -0.25) is 0 Å². The molecule has 0 N–H and O–H groups in total. The first-order valence-electron chi connectivity index (χ1n) is 4.76. The van der Waals surface area contributed by atoms with Gasteiger partial charge in [-0.05, 0) is 22.9 Å². The summed E-state index contributed by atoms with van der Waals surface area (Å²) in [5, 5.41) is 3.04. The molecule has 0 atom stereocenters. The molecule has 0 spiro atoms. The Kier molecular flexibility index (Phi) is 2.65. The van der Waals surface area contributed by atoms with Gasteiger partial charge in [0.25, 0.3) is 0 Å². The van der Waals surface area contributed by atoms with E-state index in [0.29, 0.717) is 13.2 Å². The van der Waals surface area contributed by atoms with E-state index in [0.717, 1.165) is 30.9 Å². The zero-order valence-electron chi connectivity index (χ0n) is 8.45.